The molecule has 1 aliphatic heterocycles. The van der Waals surface area contributed by atoms with Crippen molar-refractivity contribution in [3.8, 4) is 0 Å². The molecule has 2 N–H and O–H groups in total. The summed E-state index contributed by atoms with van der Waals surface area (Å²) in [5.74, 6) is -0.256. The Hall–Kier alpha value is -1.15. The van der Waals surface area contributed by atoms with Crippen LogP contribution in [0.3, 0.4) is 0 Å². The minimum atomic E-state index is -3.74. The molecule has 1 aromatic rings. The summed E-state index contributed by atoms with van der Waals surface area (Å²) in [6.45, 7) is 5.50. The molecule has 26 heavy (non-hydrogen) atoms. The molecule has 1 fully saturated rings. The number of amides is 1. The highest BCUT2D eigenvalue weighted by Crippen LogP contribution is 2.19. The average molecular weight is 404 g/mol. The number of piperidine rings is 1. The average Bonchev–Trinajstić information content (AvgIpc) is 2.58. The van der Waals surface area contributed by atoms with Crippen LogP contribution in [-0.2, 0) is 10.0 Å². The van der Waals surface area contributed by atoms with Crippen molar-refractivity contribution in [2.75, 3.05) is 20.1 Å². The molecule has 6 nitrogen and oxygen atoms in total. The standard InChI is InChI=1S/C18H29N3O3S.ClH/c1-4-5-12-21(3)18(22)16-8-6-7-9-17(16)25(23,24)20-15-10-11-19-14(2)13-15;/h6-9,14-15,19-20H,4-5,10-13H2,1-3H3;1H. The molecule has 0 saturated carbocycles. The summed E-state index contributed by atoms with van der Waals surface area (Å²) in [6, 6.07) is 6.62. The number of nitrogens with zero attached hydrogens (tertiary/aromatic N) is 1. The van der Waals surface area contributed by atoms with Gasteiger partial charge in [0.2, 0.25) is 10.0 Å². The molecule has 148 valence electrons. The number of rotatable bonds is 7. The van der Waals surface area contributed by atoms with E-state index in [1.165, 1.54) is 6.07 Å². The molecule has 0 aromatic heterocycles. The smallest absolute Gasteiger partial charge is 0.254 e. The first kappa shape index (κ1) is 22.9. The number of carbonyl (C=O) groups excluding carboxylic acids is 1. The molecule has 2 rings (SSSR count). The first-order chi connectivity index (χ1) is 11.8. The fourth-order valence-electron chi connectivity index (χ4n) is 3.10. The Morgan fingerprint density at radius 1 is 1.35 bits per heavy atom. The topological polar surface area (TPSA) is 78.5 Å². The van der Waals surface area contributed by atoms with Gasteiger partial charge < -0.3 is 10.2 Å². The summed E-state index contributed by atoms with van der Waals surface area (Å²) < 4.78 is 28.5. The van der Waals surface area contributed by atoms with E-state index in [0.29, 0.717) is 6.54 Å². The summed E-state index contributed by atoms with van der Waals surface area (Å²) >= 11 is 0. The maximum Gasteiger partial charge on any atom is 0.254 e. The summed E-state index contributed by atoms with van der Waals surface area (Å²) in [5.41, 5.74) is 0.232. The molecule has 0 aliphatic carbocycles. The van der Waals surface area contributed by atoms with Gasteiger partial charge in [-0.15, -0.1) is 12.4 Å². The summed E-state index contributed by atoms with van der Waals surface area (Å²) in [5, 5.41) is 3.31. The van der Waals surface area contributed by atoms with Crippen molar-refractivity contribution in [3.63, 3.8) is 0 Å². The molecule has 1 aromatic carbocycles. The highest BCUT2D eigenvalue weighted by molar-refractivity contribution is 7.89. The van der Waals surface area contributed by atoms with Crippen molar-refractivity contribution in [2.24, 2.45) is 0 Å². The largest absolute Gasteiger partial charge is 0.342 e. The Kier molecular flexibility index (Phi) is 9.03. The number of hydrogen-bond donors (Lipinski definition) is 2. The zero-order valence-electron chi connectivity index (χ0n) is 15.7. The lowest BCUT2D eigenvalue weighted by Crippen LogP contribution is -2.46. The van der Waals surface area contributed by atoms with Crippen molar-refractivity contribution in [3.05, 3.63) is 29.8 Å². The second-order valence-corrected chi connectivity index (χ2v) is 8.46. The molecular formula is C18H30ClN3O3S. The van der Waals surface area contributed by atoms with Crippen molar-refractivity contribution >= 4 is 28.3 Å². The van der Waals surface area contributed by atoms with Gasteiger partial charge in [-0.05, 0) is 44.9 Å². The Morgan fingerprint density at radius 2 is 2.04 bits per heavy atom. The van der Waals surface area contributed by atoms with E-state index in [1.807, 2.05) is 6.92 Å². The number of nitrogens with one attached hydrogen (secondary N) is 2. The van der Waals surface area contributed by atoms with Crippen LogP contribution in [0.2, 0.25) is 0 Å². The van der Waals surface area contributed by atoms with Crippen LogP contribution < -0.4 is 10.0 Å². The zero-order chi connectivity index (χ0) is 18.4. The monoisotopic (exact) mass is 403 g/mol. The van der Waals surface area contributed by atoms with Crippen molar-refractivity contribution in [1.82, 2.24) is 14.9 Å². The maximum absolute atomic E-state index is 12.9. The molecule has 2 atom stereocenters. The van der Waals surface area contributed by atoms with Crippen LogP contribution in [0.5, 0.6) is 0 Å². The highest BCUT2D eigenvalue weighted by atomic mass is 35.5. The first-order valence-corrected chi connectivity index (χ1v) is 10.4. The van der Waals surface area contributed by atoms with Crippen LogP contribution >= 0.6 is 12.4 Å². The van der Waals surface area contributed by atoms with Gasteiger partial charge in [0.15, 0.2) is 0 Å². The Balaban J connectivity index is 0.00000338. The van der Waals surface area contributed by atoms with Gasteiger partial charge in [0, 0.05) is 25.7 Å². The van der Waals surface area contributed by atoms with E-state index in [9.17, 15) is 13.2 Å². The fraction of sp³-hybridized carbons (Fsp3) is 0.611. The predicted octanol–water partition coefficient (Wildman–Crippen LogP) is 2.40. The fourth-order valence-corrected chi connectivity index (χ4v) is 4.58. The third kappa shape index (κ3) is 5.94. The summed E-state index contributed by atoms with van der Waals surface area (Å²) in [4.78, 5) is 14.3. The van der Waals surface area contributed by atoms with Crippen LogP contribution in [0.1, 0.15) is 49.9 Å². The lowest BCUT2D eigenvalue weighted by Gasteiger charge is -2.28. The SMILES string of the molecule is CCCCN(C)C(=O)c1ccccc1S(=O)(=O)NC1CCNC(C)C1.Cl. The number of unbranched alkanes of at least 4 members (excludes halogenated alkanes) is 1. The van der Waals surface area contributed by atoms with E-state index in [0.717, 1.165) is 32.2 Å². The normalized spacial score (nSPS) is 20.3. The predicted molar refractivity (Wildman–Crippen MR) is 106 cm³/mol. The lowest BCUT2D eigenvalue weighted by molar-refractivity contribution is 0.0789. The van der Waals surface area contributed by atoms with Gasteiger partial charge in [-0.3, -0.25) is 4.79 Å². The molecule has 8 heteroatoms. The second-order valence-electron chi connectivity index (χ2n) is 6.77. The molecule has 1 saturated heterocycles. The number of hydrogen-bond acceptors (Lipinski definition) is 4. The molecule has 1 aliphatic rings. The van der Waals surface area contributed by atoms with Gasteiger partial charge in [0.1, 0.15) is 0 Å². The number of carbonyl (C=O) groups is 1. The van der Waals surface area contributed by atoms with Gasteiger partial charge in [-0.25, -0.2) is 13.1 Å². The van der Waals surface area contributed by atoms with E-state index < -0.39 is 10.0 Å². The van der Waals surface area contributed by atoms with Crippen molar-refractivity contribution in [2.45, 2.75) is 56.5 Å². The molecule has 0 radical (unpaired) electrons. The lowest BCUT2D eigenvalue weighted by atomic mass is 10.0. The van der Waals surface area contributed by atoms with Crippen LogP contribution in [0.4, 0.5) is 0 Å². The van der Waals surface area contributed by atoms with E-state index >= 15 is 0 Å². The van der Waals surface area contributed by atoms with Crippen LogP contribution in [0, 0.1) is 0 Å². The molecule has 0 spiro atoms. The number of sulfonamides is 1. The van der Waals surface area contributed by atoms with Gasteiger partial charge >= 0.3 is 0 Å². The quantitative estimate of drug-likeness (QED) is 0.732. The molecule has 2 unspecified atom stereocenters. The Morgan fingerprint density at radius 3 is 2.69 bits per heavy atom. The first-order valence-electron chi connectivity index (χ1n) is 8.95. The Labute approximate surface area is 163 Å². The van der Waals surface area contributed by atoms with Gasteiger partial charge in [-0.1, -0.05) is 25.5 Å². The third-order valence-electron chi connectivity index (χ3n) is 4.55. The van der Waals surface area contributed by atoms with E-state index in [4.69, 9.17) is 0 Å². The summed E-state index contributed by atoms with van der Waals surface area (Å²) in [6.07, 6.45) is 3.36. The van der Waals surface area contributed by atoms with Crippen LogP contribution in [0.15, 0.2) is 29.2 Å². The van der Waals surface area contributed by atoms with Gasteiger partial charge in [0.05, 0.1) is 10.5 Å². The second kappa shape index (κ2) is 10.3. The van der Waals surface area contributed by atoms with Crippen LogP contribution in [-0.4, -0.2) is 51.4 Å². The zero-order valence-corrected chi connectivity index (χ0v) is 17.3. The van der Waals surface area contributed by atoms with Crippen LogP contribution in [0.25, 0.3) is 0 Å². The van der Waals surface area contributed by atoms with E-state index in [-0.39, 0.29) is 40.9 Å². The third-order valence-corrected chi connectivity index (χ3v) is 6.12. The van der Waals surface area contributed by atoms with Gasteiger partial charge in [-0.2, -0.15) is 0 Å². The van der Waals surface area contributed by atoms with E-state index in [1.54, 1.807) is 30.1 Å². The number of halogens is 1. The molecule has 0 bridgehead atoms. The highest BCUT2D eigenvalue weighted by Gasteiger charge is 2.28. The van der Waals surface area contributed by atoms with Crippen molar-refractivity contribution in [1.29, 1.82) is 0 Å². The molecule has 1 amide bonds. The Bertz CT molecular complexity index is 697. The van der Waals surface area contributed by atoms with E-state index in [2.05, 4.69) is 17.0 Å². The maximum atomic E-state index is 12.9. The van der Waals surface area contributed by atoms with Crippen molar-refractivity contribution < 1.29 is 13.2 Å². The number of benzene rings is 1. The van der Waals surface area contributed by atoms with Gasteiger partial charge in [0.25, 0.3) is 5.91 Å². The minimum absolute atomic E-state index is 0. The molecule has 1 heterocycles. The minimum Gasteiger partial charge on any atom is -0.342 e. The molecular weight excluding hydrogens is 374 g/mol. The summed E-state index contributed by atoms with van der Waals surface area (Å²) in [7, 11) is -2.03.